The zero-order valence-corrected chi connectivity index (χ0v) is 22.4. The van der Waals surface area contributed by atoms with Crippen LogP contribution in [0.2, 0.25) is 0 Å². The van der Waals surface area contributed by atoms with E-state index in [1.807, 2.05) is 0 Å². The number of carbonyl (C=O) groups is 6. The number of methoxy groups -OCH3 is 1. The lowest BCUT2D eigenvalue weighted by molar-refractivity contribution is -0.145. The summed E-state index contributed by atoms with van der Waals surface area (Å²) < 4.78 is 5.34. The number of hydrazine groups is 1. The summed E-state index contributed by atoms with van der Waals surface area (Å²) in [5.74, 6) is -4.05. The van der Waals surface area contributed by atoms with Crippen LogP contribution < -0.4 is 20.0 Å². The number of aliphatic hydroxyl groups excluding tert-OH is 1. The summed E-state index contributed by atoms with van der Waals surface area (Å²) in [6, 6.07) is 5.96. The van der Waals surface area contributed by atoms with Crippen molar-refractivity contribution < 1.29 is 43.7 Å². The molecule has 2 atom stereocenters. The Bertz CT molecular complexity index is 1340. The Morgan fingerprint density at radius 3 is 2.25 bits per heavy atom. The lowest BCUT2D eigenvalue weighted by Crippen LogP contribution is -2.61. The van der Waals surface area contributed by atoms with Crippen molar-refractivity contribution in [3.63, 3.8) is 0 Å². The van der Waals surface area contributed by atoms with Crippen LogP contribution in [0.15, 0.2) is 36.4 Å². The number of amides is 4. The molecule has 1 heterocycles. The second kappa shape index (κ2) is 12.4. The van der Waals surface area contributed by atoms with E-state index in [9.17, 15) is 39.0 Å². The van der Waals surface area contributed by atoms with Gasteiger partial charge in [0.05, 0.1) is 31.5 Å². The summed E-state index contributed by atoms with van der Waals surface area (Å²) in [7, 11) is 1.50. The van der Waals surface area contributed by atoms with Gasteiger partial charge in [-0.15, -0.1) is 0 Å². The topological polar surface area (TPSA) is 174 Å². The van der Waals surface area contributed by atoms with Crippen LogP contribution in [-0.2, 0) is 24.0 Å². The third kappa shape index (κ3) is 5.94. The molecule has 0 unspecified atom stereocenters. The number of hydrogen-bond donors (Lipinski definition) is 3. The predicted molar refractivity (Wildman–Crippen MR) is 142 cm³/mol. The standard InChI is InChI=1S/C27H30N4O9/c1-15-9-18(10-16(2)25(15)40-4)26(38)28-20-12-29(23(35)14-33)21-7-5-6-8-22(21)31(27(20)39)30(17(3)34)19(13-32)11-24(36)37/h5-10,13,19-20,33H,11-12,14H2,1-4H3,(H,28,38)(H,36,37)/t19-,20-/m0/s1. The highest BCUT2D eigenvalue weighted by Gasteiger charge is 2.42. The normalized spacial score (nSPS) is 15.4. The number of benzene rings is 2. The summed E-state index contributed by atoms with van der Waals surface area (Å²) in [5.41, 5.74) is 1.58. The van der Waals surface area contributed by atoms with Crippen molar-refractivity contribution in [2.45, 2.75) is 39.3 Å². The maximum atomic E-state index is 14.1. The Kier molecular flexibility index (Phi) is 9.22. The number of aldehydes is 1. The van der Waals surface area contributed by atoms with Crippen LogP contribution in [-0.4, -0.2) is 83.5 Å². The summed E-state index contributed by atoms with van der Waals surface area (Å²) in [6.07, 6.45) is -0.584. The molecule has 1 aliphatic rings. The predicted octanol–water partition coefficient (Wildman–Crippen LogP) is 0.588. The quantitative estimate of drug-likeness (QED) is 0.375. The largest absolute Gasteiger partial charge is 0.496 e. The van der Waals surface area contributed by atoms with Crippen molar-refractivity contribution in [3.05, 3.63) is 53.1 Å². The number of carboxylic acid groups (broad SMARTS) is 1. The second-order valence-corrected chi connectivity index (χ2v) is 9.14. The first-order valence-corrected chi connectivity index (χ1v) is 12.2. The molecule has 0 aliphatic carbocycles. The first kappa shape index (κ1) is 29.8. The number of aliphatic carboxylic acids is 1. The number of fused-ring (bicyclic) bond motifs is 1. The zero-order valence-electron chi connectivity index (χ0n) is 22.4. The Balaban J connectivity index is 2.16. The van der Waals surface area contributed by atoms with E-state index in [4.69, 9.17) is 4.74 Å². The minimum atomic E-state index is -1.59. The van der Waals surface area contributed by atoms with Crippen LogP contribution in [0.3, 0.4) is 0 Å². The van der Waals surface area contributed by atoms with Crippen molar-refractivity contribution >= 4 is 47.3 Å². The number of rotatable bonds is 9. The molecule has 212 valence electrons. The summed E-state index contributed by atoms with van der Waals surface area (Å²) >= 11 is 0. The molecule has 13 nitrogen and oxygen atoms in total. The fourth-order valence-electron chi connectivity index (χ4n) is 4.69. The van der Waals surface area contributed by atoms with Gasteiger partial charge in [0.25, 0.3) is 17.7 Å². The summed E-state index contributed by atoms with van der Waals surface area (Å²) in [5, 5.41) is 23.1. The number of aliphatic hydroxyl groups is 1. The van der Waals surface area contributed by atoms with E-state index in [1.165, 1.54) is 25.3 Å². The van der Waals surface area contributed by atoms with Gasteiger partial charge in [0.15, 0.2) is 0 Å². The van der Waals surface area contributed by atoms with E-state index in [-0.39, 0.29) is 23.2 Å². The average molecular weight is 555 g/mol. The van der Waals surface area contributed by atoms with Crippen molar-refractivity contribution in [2.75, 3.05) is 30.2 Å². The minimum Gasteiger partial charge on any atom is -0.496 e. The minimum absolute atomic E-state index is 0.0328. The zero-order chi connectivity index (χ0) is 29.7. The number of carbonyl (C=O) groups excluding carboxylic acids is 5. The number of nitrogens with zero attached hydrogens (tertiary/aromatic N) is 3. The molecular weight excluding hydrogens is 524 g/mol. The van der Waals surface area contributed by atoms with Crippen LogP contribution >= 0.6 is 0 Å². The molecule has 0 fully saturated rings. The van der Waals surface area contributed by atoms with Gasteiger partial charge < -0.3 is 30.0 Å². The molecule has 3 rings (SSSR count). The molecule has 0 saturated carbocycles. The van der Waals surface area contributed by atoms with E-state index >= 15 is 0 Å². The maximum absolute atomic E-state index is 14.1. The number of hydrogen-bond acceptors (Lipinski definition) is 8. The van der Waals surface area contributed by atoms with Crippen LogP contribution in [0, 0.1) is 13.8 Å². The Morgan fingerprint density at radius 1 is 1.15 bits per heavy atom. The van der Waals surface area contributed by atoms with Crippen molar-refractivity contribution in [3.8, 4) is 5.75 Å². The molecule has 0 bridgehead atoms. The molecule has 2 aromatic rings. The molecule has 0 spiro atoms. The number of nitrogens with one attached hydrogen (secondary N) is 1. The van der Waals surface area contributed by atoms with Gasteiger partial charge in [-0.05, 0) is 49.2 Å². The van der Waals surface area contributed by atoms with Crippen LogP contribution in [0.1, 0.15) is 34.8 Å². The first-order valence-electron chi connectivity index (χ1n) is 12.2. The Labute approximate surface area is 229 Å². The van der Waals surface area contributed by atoms with Crippen LogP contribution in [0.4, 0.5) is 11.4 Å². The summed E-state index contributed by atoms with van der Waals surface area (Å²) in [6.45, 7) is 3.18. The monoisotopic (exact) mass is 554 g/mol. The number of carboxylic acids is 1. The maximum Gasteiger partial charge on any atom is 0.305 e. The van der Waals surface area contributed by atoms with Gasteiger partial charge in [-0.2, -0.15) is 0 Å². The number of aryl methyl sites for hydroxylation is 2. The average Bonchev–Trinajstić information content (AvgIpc) is 3.02. The van der Waals surface area contributed by atoms with Gasteiger partial charge in [-0.1, -0.05) is 12.1 Å². The van der Waals surface area contributed by atoms with E-state index < -0.39 is 61.3 Å². The molecule has 0 aromatic heterocycles. The van der Waals surface area contributed by atoms with Gasteiger partial charge in [0, 0.05) is 12.5 Å². The molecule has 13 heteroatoms. The smallest absolute Gasteiger partial charge is 0.305 e. The first-order chi connectivity index (χ1) is 18.9. The van der Waals surface area contributed by atoms with Gasteiger partial charge in [0.2, 0.25) is 5.91 Å². The third-order valence-corrected chi connectivity index (χ3v) is 6.33. The van der Waals surface area contributed by atoms with E-state index in [2.05, 4.69) is 5.32 Å². The molecule has 3 N–H and O–H groups in total. The molecule has 1 aliphatic heterocycles. The Morgan fingerprint density at radius 2 is 1.75 bits per heavy atom. The van der Waals surface area contributed by atoms with Crippen LogP contribution in [0.5, 0.6) is 5.75 Å². The highest BCUT2D eigenvalue weighted by molar-refractivity contribution is 6.10. The van der Waals surface area contributed by atoms with Crippen molar-refractivity contribution in [1.29, 1.82) is 0 Å². The van der Waals surface area contributed by atoms with E-state index in [0.29, 0.717) is 21.9 Å². The van der Waals surface area contributed by atoms with Crippen molar-refractivity contribution in [1.82, 2.24) is 10.3 Å². The summed E-state index contributed by atoms with van der Waals surface area (Å²) in [4.78, 5) is 77.5. The fraction of sp³-hybridized carbons (Fsp3) is 0.333. The Hall–Kier alpha value is -4.78. The molecule has 4 amide bonds. The number of para-hydroxylation sites is 2. The lowest BCUT2D eigenvalue weighted by Gasteiger charge is -2.38. The van der Waals surface area contributed by atoms with Gasteiger partial charge in [-0.25, -0.2) is 10.0 Å². The number of anilines is 2. The molecule has 0 saturated heterocycles. The van der Waals surface area contributed by atoms with Gasteiger partial charge in [0.1, 0.15) is 30.7 Å². The molecule has 40 heavy (non-hydrogen) atoms. The number of ether oxygens (including phenoxy) is 1. The molecule has 2 aromatic carbocycles. The molecule has 0 radical (unpaired) electrons. The highest BCUT2D eigenvalue weighted by Crippen LogP contribution is 2.35. The third-order valence-electron chi connectivity index (χ3n) is 6.33. The van der Waals surface area contributed by atoms with Gasteiger partial charge in [-0.3, -0.25) is 24.0 Å². The lowest BCUT2D eigenvalue weighted by atomic mass is 10.0. The van der Waals surface area contributed by atoms with E-state index in [1.54, 1.807) is 32.0 Å². The SMILES string of the molecule is COc1c(C)cc(C(=O)N[C@H]2CN(C(=O)CO)c3ccccc3N(N(C(C)=O)[C@H](C=O)CC(=O)O)C2=O)cc1C. The van der Waals surface area contributed by atoms with E-state index in [0.717, 1.165) is 16.8 Å². The van der Waals surface area contributed by atoms with Crippen LogP contribution in [0.25, 0.3) is 0 Å². The fourth-order valence-corrected chi connectivity index (χ4v) is 4.69. The molecular formula is C27H30N4O9. The van der Waals surface area contributed by atoms with Gasteiger partial charge >= 0.3 is 5.97 Å². The highest BCUT2D eigenvalue weighted by atomic mass is 16.5. The van der Waals surface area contributed by atoms with Crippen molar-refractivity contribution in [2.24, 2.45) is 0 Å². The second-order valence-electron chi connectivity index (χ2n) is 9.14.